The van der Waals surface area contributed by atoms with Crippen LogP contribution in [-0.4, -0.2) is 10.1 Å². The minimum Gasteiger partial charge on any atom is -0.337 e. The van der Waals surface area contributed by atoms with E-state index >= 15 is 0 Å². The molecule has 0 aliphatic carbocycles. The van der Waals surface area contributed by atoms with Crippen molar-refractivity contribution in [3.63, 3.8) is 0 Å². The maximum atomic E-state index is 13.4. The molecule has 0 saturated heterocycles. The maximum Gasteiger partial charge on any atom is 0.243 e. The Kier molecular flexibility index (Phi) is 2.66. The fourth-order valence-electron chi connectivity index (χ4n) is 1.23. The molecule has 1 heterocycles. The molecule has 0 amide bonds. The van der Waals surface area contributed by atoms with Crippen LogP contribution in [-0.2, 0) is 0 Å². The van der Waals surface area contributed by atoms with E-state index in [0.29, 0.717) is 0 Å². The molecule has 1 aromatic carbocycles. The number of nitrogens with two attached hydrogens (primary N) is 1. The van der Waals surface area contributed by atoms with Crippen molar-refractivity contribution in [2.45, 2.75) is 13.0 Å². The quantitative estimate of drug-likeness (QED) is 0.849. The van der Waals surface area contributed by atoms with Gasteiger partial charge in [-0.05, 0) is 19.1 Å². The largest absolute Gasteiger partial charge is 0.337 e. The van der Waals surface area contributed by atoms with Gasteiger partial charge < -0.3 is 10.3 Å². The molecule has 0 fully saturated rings. The maximum absolute atomic E-state index is 13.4. The van der Waals surface area contributed by atoms with Crippen molar-refractivity contribution in [1.82, 2.24) is 10.1 Å². The van der Waals surface area contributed by atoms with Gasteiger partial charge in [0.25, 0.3) is 0 Å². The van der Waals surface area contributed by atoms with Gasteiger partial charge in [-0.1, -0.05) is 11.2 Å². The van der Waals surface area contributed by atoms with Gasteiger partial charge in [-0.2, -0.15) is 4.98 Å². The Bertz CT molecular complexity index is 490. The zero-order valence-corrected chi connectivity index (χ0v) is 8.45. The predicted molar refractivity (Wildman–Crippen MR) is 52.3 cm³/mol. The number of halogens is 2. The van der Waals surface area contributed by atoms with Crippen LogP contribution in [0.2, 0.25) is 0 Å². The van der Waals surface area contributed by atoms with Gasteiger partial charge in [-0.25, -0.2) is 8.78 Å². The Morgan fingerprint density at radius 1 is 1.31 bits per heavy atom. The summed E-state index contributed by atoms with van der Waals surface area (Å²) in [7, 11) is 0. The molecule has 2 rings (SSSR count). The standard InChI is InChI=1S/C10H9F2N3O/c1-5(13)10-14-9(15-16-10)8-6(11)3-2-4-7(8)12/h2-5H,13H2,1H3. The van der Waals surface area contributed by atoms with Crippen molar-refractivity contribution >= 4 is 0 Å². The van der Waals surface area contributed by atoms with E-state index in [1.807, 2.05) is 0 Å². The van der Waals surface area contributed by atoms with Crippen LogP contribution < -0.4 is 5.73 Å². The molecule has 1 aromatic heterocycles. The molecule has 0 aliphatic heterocycles. The molecule has 84 valence electrons. The number of benzene rings is 1. The summed E-state index contributed by atoms with van der Waals surface area (Å²) < 4.78 is 31.5. The lowest BCUT2D eigenvalue weighted by Gasteiger charge is -1.98. The number of hydrogen-bond acceptors (Lipinski definition) is 4. The van der Waals surface area contributed by atoms with Crippen molar-refractivity contribution in [3.05, 3.63) is 35.7 Å². The Balaban J connectivity index is 2.50. The number of aromatic nitrogens is 2. The highest BCUT2D eigenvalue weighted by Crippen LogP contribution is 2.23. The van der Waals surface area contributed by atoms with Crippen molar-refractivity contribution < 1.29 is 13.3 Å². The number of nitrogens with zero attached hydrogens (tertiary/aromatic N) is 2. The molecule has 0 bridgehead atoms. The fourth-order valence-corrected chi connectivity index (χ4v) is 1.23. The molecular formula is C10H9F2N3O. The van der Waals surface area contributed by atoms with Gasteiger partial charge in [0.15, 0.2) is 0 Å². The number of rotatable bonds is 2. The van der Waals surface area contributed by atoms with E-state index in [0.717, 1.165) is 12.1 Å². The zero-order valence-electron chi connectivity index (χ0n) is 8.45. The first-order valence-corrected chi connectivity index (χ1v) is 4.63. The third-order valence-electron chi connectivity index (χ3n) is 2.02. The van der Waals surface area contributed by atoms with E-state index in [2.05, 4.69) is 10.1 Å². The van der Waals surface area contributed by atoms with Gasteiger partial charge in [-0.3, -0.25) is 0 Å². The van der Waals surface area contributed by atoms with Gasteiger partial charge in [-0.15, -0.1) is 0 Å². The Morgan fingerprint density at radius 3 is 2.44 bits per heavy atom. The van der Waals surface area contributed by atoms with Crippen LogP contribution in [0.1, 0.15) is 18.9 Å². The molecule has 16 heavy (non-hydrogen) atoms. The summed E-state index contributed by atoms with van der Waals surface area (Å²) in [6, 6.07) is 3.04. The van der Waals surface area contributed by atoms with Gasteiger partial charge in [0.1, 0.15) is 11.6 Å². The van der Waals surface area contributed by atoms with Crippen LogP contribution in [0.15, 0.2) is 22.7 Å². The summed E-state index contributed by atoms with van der Waals surface area (Å²) in [5.41, 5.74) is 5.19. The molecule has 0 saturated carbocycles. The first-order chi connectivity index (χ1) is 7.59. The van der Waals surface area contributed by atoms with Gasteiger partial charge in [0.05, 0.1) is 11.6 Å². The average Bonchev–Trinajstić information content (AvgIpc) is 2.66. The second kappa shape index (κ2) is 3.97. The third kappa shape index (κ3) is 1.79. The van der Waals surface area contributed by atoms with Crippen LogP contribution in [0, 0.1) is 11.6 Å². The smallest absolute Gasteiger partial charge is 0.243 e. The fraction of sp³-hybridized carbons (Fsp3) is 0.200. The van der Waals surface area contributed by atoms with Crippen molar-refractivity contribution in [1.29, 1.82) is 0 Å². The van der Waals surface area contributed by atoms with E-state index in [-0.39, 0.29) is 17.3 Å². The summed E-state index contributed by atoms with van der Waals surface area (Å²) in [4.78, 5) is 3.82. The second-order valence-electron chi connectivity index (χ2n) is 3.34. The molecule has 0 aliphatic rings. The summed E-state index contributed by atoms with van der Waals surface area (Å²) in [6.07, 6.45) is 0. The number of hydrogen-bond donors (Lipinski definition) is 1. The van der Waals surface area contributed by atoms with Crippen LogP contribution >= 0.6 is 0 Å². The van der Waals surface area contributed by atoms with Crippen LogP contribution in [0.25, 0.3) is 11.4 Å². The molecule has 0 radical (unpaired) electrons. The molecule has 1 unspecified atom stereocenters. The average molecular weight is 225 g/mol. The van der Waals surface area contributed by atoms with Crippen molar-refractivity contribution in [3.8, 4) is 11.4 Å². The summed E-state index contributed by atoms with van der Waals surface area (Å²) in [5, 5.41) is 3.48. The minimum absolute atomic E-state index is 0.136. The Labute approximate surface area is 90.1 Å². The SMILES string of the molecule is CC(N)c1nc(-c2c(F)cccc2F)no1. The molecule has 6 heteroatoms. The van der Waals surface area contributed by atoms with Crippen molar-refractivity contribution in [2.24, 2.45) is 5.73 Å². The van der Waals surface area contributed by atoms with E-state index in [9.17, 15) is 8.78 Å². The Hall–Kier alpha value is -1.82. The van der Waals surface area contributed by atoms with Crippen LogP contribution in [0.4, 0.5) is 8.78 Å². The van der Waals surface area contributed by atoms with E-state index in [1.54, 1.807) is 6.92 Å². The predicted octanol–water partition coefficient (Wildman–Crippen LogP) is 2.03. The van der Waals surface area contributed by atoms with Crippen LogP contribution in [0.5, 0.6) is 0 Å². The molecule has 2 N–H and O–H groups in total. The van der Waals surface area contributed by atoms with E-state index in [1.165, 1.54) is 6.07 Å². The Morgan fingerprint density at radius 2 is 1.94 bits per heavy atom. The first kappa shape index (κ1) is 10.7. The van der Waals surface area contributed by atoms with Crippen LogP contribution in [0.3, 0.4) is 0 Å². The summed E-state index contributed by atoms with van der Waals surface area (Å²) in [6.45, 7) is 1.63. The van der Waals surface area contributed by atoms with E-state index < -0.39 is 17.7 Å². The highest BCUT2D eigenvalue weighted by Gasteiger charge is 2.18. The molecule has 1 atom stereocenters. The summed E-state index contributed by atoms with van der Waals surface area (Å²) >= 11 is 0. The normalized spacial score (nSPS) is 12.8. The van der Waals surface area contributed by atoms with E-state index in [4.69, 9.17) is 10.3 Å². The monoisotopic (exact) mass is 225 g/mol. The molecule has 4 nitrogen and oxygen atoms in total. The first-order valence-electron chi connectivity index (χ1n) is 4.63. The third-order valence-corrected chi connectivity index (χ3v) is 2.02. The topological polar surface area (TPSA) is 64.9 Å². The van der Waals surface area contributed by atoms with Gasteiger partial charge in [0, 0.05) is 0 Å². The zero-order chi connectivity index (χ0) is 11.7. The van der Waals surface area contributed by atoms with Gasteiger partial charge >= 0.3 is 0 Å². The lowest BCUT2D eigenvalue weighted by Crippen LogP contribution is -2.05. The lowest BCUT2D eigenvalue weighted by atomic mass is 10.2. The highest BCUT2D eigenvalue weighted by atomic mass is 19.1. The molecule has 0 spiro atoms. The minimum atomic E-state index is -0.739. The second-order valence-corrected chi connectivity index (χ2v) is 3.34. The summed E-state index contributed by atoms with van der Waals surface area (Å²) in [5.74, 6) is -1.48. The van der Waals surface area contributed by atoms with Crippen molar-refractivity contribution in [2.75, 3.05) is 0 Å². The van der Waals surface area contributed by atoms with Gasteiger partial charge in [0.2, 0.25) is 11.7 Å². The lowest BCUT2D eigenvalue weighted by molar-refractivity contribution is 0.361. The highest BCUT2D eigenvalue weighted by molar-refractivity contribution is 5.56. The molecule has 2 aromatic rings. The molecular weight excluding hydrogens is 216 g/mol.